The lowest BCUT2D eigenvalue weighted by atomic mass is 10.1. The zero-order valence-electron chi connectivity index (χ0n) is 11.1. The Morgan fingerprint density at radius 3 is 2.44 bits per heavy atom. The van der Waals surface area contributed by atoms with E-state index in [0.717, 1.165) is 0 Å². The maximum Gasteiger partial charge on any atom is 0.315 e. The predicted octanol–water partition coefficient (Wildman–Crippen LogP) is 0.554. The van der Waals surface area contributed by atoms with E-state index in [9.17, 15) is 13.8 Å². The van der Waals surface area contributed by atoms with Gasteiger partial charge in [0, 0.05) is 41.8 Å². The van der Waals surface area contributed by atoms with E-state index in [1.165, 1.54) is 0 Å². The molecule has 0 aliphatic rings. The molecule has 0 bridgehead atoms. The van der Waals surface area contributed by atoms with Crippen molar-refractivity contribution in [2.45, 2.75) is 32.7 Å². The molecule has 6 nitrogen and oxygen atoms in total. The molecule has 0 spiro atoms. The number of nitrogens with one attached hydrogen (secondary N) is 2. The van der Waals surface area contributed by atoms with Crippen LogP contribution in [-0.2, 0) is 15.6 Å². The van der Waals surface area contributed by atoms with Gasteiger partial charge in [-0.25, -0.2) is 4.79 Å². The molecule has 0 heterocycles. The van der Waals surface area contributed by atoms with Crippen LogP contribution < -0.4 is 10.6 Å². The predicted molar refractivity (Wildman–Crippen MR) is 71.0 cm³/mol. The van der Waals surface area contributed by atoms with Gasteiger partial charge in [0.15, 0.2) is 0 Å². The summed E-state index contributed by atoms with van der Waals surface area (Å²) in [6.45, 7) is 4.10. The lowest BCUT2D eigenvalue weighted by Gasteiger charge is -2.15. The molecule has 2 amide bonds. The molecule has 3 atom stereocenters. The Balaban J connectivity index is 3.75. The summed E-state index contributed by atoms with van der Waals surface area (Å²) in [5, 5.41) is 13.9. The van der Waals surface area contributed by atoms with Crippen LogP contribution in [0.2, 0.25) is 0 Å². The summed E-state index contributed by atoms with van der Waals surface area (Å²) >= 11 is 0. The van der Waals surface area contributed by atoms with Crippen LogP contribution in [0.15, 0.2) is 0 Å². The summed E-state index contributed by atoms with van der Waals surface area (Å²) in [6, 6.07) is -0.458. The third-order valence-electron chi connectivity index (χ3n) is 2.32. The summed E-state index contributed by atoms with van der Waals surface area (Å²) in [5.41, 5.74) is 0. The van der Waals surface area contributed by atoms with E-state index in [1.54, 1.807) is 13.2 Å². The molecule has 0 saturated carbocycles. The maximum atomic E-state index is 11.4. The molecule has 0 aromatic rings. The Labute approximate surface area is 110 Å². The monoisotopic (exact) mass is 278 g/mol. The van der Waals surface area contributed by atoms with Gasteiger partial charge in [-0.2, -0.15) is 0 Å². The molecule has 0 rings (SSSR count). The van der Waals surface area contributed by atoms with E-state index in [0.29, 0.717) is 18.7 Å². The van der Waals surface area contributed by atoms with Crippen molar-refractivity contribution in [2.24, 2.45) is 5.92 Å². The Bertz CT molecular complexity index is 309. The van der Waals surface area contributed by atoms with E-state index in [-0.39, 0.29) is 24.4 Å². The fraction of sp³-hybridized carbons (Fsp3) is 0.818. The third kappa shape index (κ3) is 10.1. The number of carbonyl (C=O) groups excluding carboxylic acids is 1. The first kappa shape index (κ1) is 16.9. The van der Waals surface area contributed by atoms with Crippen molar-refractivity contribution in [1.82, 2.24) is 10.6 Å². The van der Waals surface area contributed by atoms with Crippen molar-refractivity contribution in [1.29, 1.82) is 0 Å². The van der Waals surface area contributed by atoms with Crippen molar-refractivity contribution >= 4 is 22.8 Å². The van der Waals surface area contributed by atoms with Crippen LogP contribution in [0.4, 0.5) is 4.79 Å². The van der Waals surface area contributed by atoms with Crippen molar-refractivity contribution in [3.8, 4) is 0 Å². The Morgan fingerprint density at radius 1 is 1.33 bits per heavy atom. The Kier molecular flexibility index (Phi) is 8.36. The molecular formula is C11H22N2O4S. The number of carboxylic acid groups (broad SMARTS) is 1. The molecule has 0 saturated heterocycles. The molecule has 0 radical (unpaired) electrons. The van der Waals surface area contributed by atoms with Gasteiger partial charge in [-0.1, -0.05) is 6.92 Å². The summed E-state index contributed by atoms with van der Waals surface area (Å²) < 4.78 is 10.9. The normalized spacial score (nSPS) is 15.5. The second-order valence-electron chi connectivity index (χ2n) is 4.53. The van der Waals surface area contributed by atoms with Crippen LogP contribution in [0.25, 0.3) is 0 Å². The van der Waals surface area contributed by atoms with Crippen LogP contribution >= 0.6 is 0 Å². The maximum absolute atomic E-state index is 11.4. The Morgan fingerprint density at radius 2 is 1.94 bits per heavy atom. The zero-order chi connectivity index (χ0) is 14.1. The molecule has 3 unspecified atom stereocenters. The van der Waals surface area contributed by atoms with Gasteiger partial charge in [0.25, 0.3) is 0 Å². The van der Waals surface area contributed by atoms with Crippen LogP contribution in [0.1, 0.15) is 26.7 Å². The Hall–Kier alpha value is -1.11. The van der Waals surface area contributed by atoms with Gasteiger partial charge < -0.3 is 15.7 Å². The highest BCUT2D eigenvalue weighted by atomic mass is 32.2. The largest absolute Gasteiger partial charge is 0.481 e. The zero-order valence-corrected chi connectivity index (χ0v) is 11.9. The molecule has 0 aromatic carbocycles. The van der Waals surface area contributed by atoms with Gasteiger partial charge in [0.05, 0.1) is 0 Å². The molecule has 0 aliphatic carbocycles. The van der Waals surface area contributed by atoms with Crippen LogP contribution in [0, 0.1) is 5.92 Å². The summed E-state index contributed by atoms with van der Waals surface area (Å²) in [6.07, 6.45) is 2.23. The van der Waals surface area contributed by atoms with Gasteiger partial charge in [-0.3, -0.25) is 9.00 Å². The average Bonchev–Trinajstić information content (AvgIpc) is 2.22. The summed E-state index contributed by atoms with van der Waals surface area (Å²) in [4.78, 5) is 21.8. The SMILES string of the molecule is CC(CCC(=O)O)CNC(=O)NC(C)CS(C)=O. The van der Waals surface area contributed by atoms with E-state index in [1.807, 2.05) is 6.92 Å². The van der Waals surface area contributed by atoms with E-state index >= 15 is 0 Å². The molecule has 7 heteroatoms. The first-order valence-electron chi connectivity index (χ1n) is 5.87. The van der Waals surface area contributed by atoms with E-state index in [4.69, 9.17) is 5.11 Å². The number of hydrogen-bond donors (Lipinski definition) is 3. The van der Waals surface area contributed by atoms with E-state index < -0.39 is 16.8 Å². The van der Waals surface area contributed by atoms with Crippen molar-refractivity contribution < 1.29 is 18.9 Å². The van der Waals surface area contributed by atoms with Crippen LogP contribution in [-0.4, -0.2) is 45.9 Å². The van der Waals surface area contributed by atoms with Crippen molar-refractivity contribution in [3.05, 3.63) is 0 Å². The van der Waals surface area contributed by atoms with Gasteiger partial charge in [0.1, 0.15) is 0 Å². The number of carboxylic acids is 1. The average molecular weight is 278 g/mol. The highest BCUT2D eigenvalue weighted by molar-refractivity contribution is 7.84. The fourth-order valence-electron chi connectivity index (χ4n) is 1.41. The lowest BCUT2D eigenvalue weighted by molar-refractivity contribution is -0.137. The smallest absolute Gasteiger partial charge is 0.315 e. The molecule has 0 aromatic heterocycles. The third-order valence-corrected chi connectivity index (χ3v) is 3.29. The molecule has 106 valence electrons. The highest BCUT2D eigenvalue weighted by Crippen LogP contribution is 2.03. The highest BCUT2D eigenvalue weighted by Gasteiger charge is 2.10. The number of carbonyl (C=O) groups is 2. The summed E-state index contributed by atoms with van der Waals surface area (Å²) in [5.74, 6) is -0.296. The lowest BCUT2D eigenvalue weighted by Crippen LogP contribution is -2.44. The second-order valence-corrected chi connectivity index (χ2v) is 6.01. The summed E-state index contributed by atoms with van der Waals surface area (Å²) in [7, 11) is -0.941. The fourth-order valence-corrected chi connectivity index (χ4v) is 2.19. The van der Waals surface area contributed by atoms with Crippen molar-refractivity contribution in [2.75, 3.05) is 18.6 Å². The first-order chi connectivity index (χ1) is 8.31. The number of hydrogen-bond acceptors (Lipinski definition) is 3. The molecule has 18 heavy (non-hydrogen) atoms. The van der Waals surface area contributed by atoms with Gasteiger partial charge in [-0.05, 0) is 19.3 Å². The minimum absolute atomic E-state index is 0.107. The number of amides is 2. The van der Waals surface area contributed by atoms with Gasteiger partial charge >= 0.3 is 12.0 Å². The minimum Gasteiger partial charge on any atom is -0.481 e. The quantitative estimate of drug-likeness (QED) is 0.604. The van der Waals surface area contributed by atoms with Crippen LogP contribution in [0.3, 0.4) is 0 Å². The number of urea groups is 1. The van der Waals surface area contributed by atoms with Crippen LogP contribution in [0.5, 0.6) is 0 Å². The molecule has 0 fully saturated rings. The first-order valence-corrected chi connectivity index (χ1v) is 7.60. The van der Waals surface area contributed by atoms with Gasteiger partial charge in [-0.15, -0.1) is 0 Å². The minimum atomic E-state index is -0.941. The molecular weight excluding hydrogens is 256 g/mol. The number of rotatable bonds is 8. The molecule has 3 N–H and O–H groups in total. The number of aliphatic carboxylic acids is 1. The van der Waals surface area contributed by atoms with E-state index in [2.05, 4.69) is 10.6 Å². The molecule has 0 aliphatic heterocycles. The second kappa shape index (κ2) is 8.91. The van der Waals surface area contributed by atoms with Gasteiger partial charge in [0.2, 0.25) is 0 Å². The van der Waals surface area contributed by atoms with Crippen molar-refractivity contribution in [3.63, 3.8) is 0 Å². The topological polar surface area (TPSA) is 95.5 Å². The standard InChI is InChI=1S/C11H22N2O4S/c1-8(4-5-10(14)15)6-12-11(16)13-9(2)7-18(3)17/h8-9H,4-7H2,1-3H3,(H,14,15)(H2,12,13,16).